The molecule has 6 heteroatoms. The first-order chi connectivity index (χ1) is 8.52. The summed E-state index contributed by atoms with van der Waals surface area (Å²) in [4.78, 5) is 4.37. The number of hydrogen-bond donors (Lipinski definition) is 1. The second kappa shape index (κ2) is 5.07. The van der Waals surface area contributed by atoms with Crippen molar-refractivity contribution in [3.05, 3.63) is 41.0 Å². The van der Waals surface area contributed by atoms with Gasteiger partial charge in [-0.05, 0) is 30.1 Å². The summed E-state index contributed by atoms with van der Waals surface area (Å²) in [5, 5.41) is 4.81. The molecule has 0 aliphatic heterocycles. The lowest BCUT2D eigenvalue weighted by Crippen LogP contribution is -2.07. The minimum absolute atomic E-state index is 0.136. The lowest BCUT2D eigenvalue weighted by Gasteiger charge is -2.10. The van der Waals surface area contributed by atoms with Crippen molar-refractivity contribution in [3.8, 4) is 10.4 Å². The van der Waals surface area contributed by atoms with Gasteiger partial charge < -0.3 is 5.32 Å². The van der Waals surface area contributed by atoms with Gasteiger partial charge in [-0.3, -0.25) is 4.98 Å². The van der Waals surface area contributed by atoms with Crippen LogP contribution in [0.15, 0.2) is 29.9 Å². The molecule has 2 nitrogen and oxygen atoms in total. The van der Waals surface area contributed by atoms with Gasteiger partial charge in [0.2, 0.25) is 0 Å². The third-order valence-electron chi connectivity index (χ3n) is 2.43. The van der Waals surface area contributed by atoms with Crippen molar-refractivity contribution in [3.63, 3.8) is 0 Å². The van der Waals surface area contributed by atoms with Crippen molar-refractivity contribution >= 4 is 11.3 Å². The Morgan fingerprint density at radius 3 is 2.83 bits per heavy atom. The molecule has 0 saturated carbocycles. The predicted molar refractivity (Wildman–Crippen MR) is 65.3 cm³/mol. The van der Waals surface area contributed by atoms with Gasteiger partial charge in [0.05, 0.1) is 5.56 Å². The molecule has 0 spiro atoms. The Balaban J connectivity index is 2.43. The molecule has 2 heterocycles. The van der Waals surface area contributed by atoms with Gasteiger partial charge in [-0.2, -0.15) is 13.2 Å². The Hall–Kier alpha value is -1.40. The highest BCUT2D eigenvalue weighted by Gasteiger charge is 2.33. The van der Waals surface area contributed by atoms with Crippen molar-refractivity contribution in [2.24, 2.45) is 0 Å². The number of nitrogens with zero attached hydrogens (tertiary/aromatic N) is 1. The highest BCUT2D eigenvalue weighted by atomic mass is 32.1. The maximum absolute atomic E-state index is 12.9. The summed E-state index contributed by atoms with van der Waals surface area (Å²) in [6, 6.07) is 2.76. The van der Waals surface area contributed by atoms with Crippen molar-refractivity contribution in [1.29, 1.82) is 0 Å². The highest BCUT2D eigenvalue weighted by Crippen LogP contribution is 2.38. The molecular formula is C12H11F3N2S. The predicted octanol–water partition coefficient (Wildman–Crippen LogP) is 3.55. The molecule has 0 radical (unpaired) electrons. The van der Waals surface area contributed by atoms with Gasteiger partial charge in [-0.15, -0.1) is 11.3 Å². The van der Waals surface area contributed by atoms with E-state index in [0.717, 1.165) is 17.8 Å². The topological polar surface area (TPSA) is 24.9 Å². The molecule has 96 valence electrons. The van der Waals surface area contributed by atoms with E-state index in [1.807, 2.05) is 5.38 Å². The molecule has 18 heavy (non-hydrogen) atoms. The van der Waals surface area contributed by atoms with Crippen LogP contribution in [0.3, 0.4) is 0 Å². The highest BCUT2D eigenvalue weighted by molar-refractivity contribution is 7.13. The fraction of sp³-hybridized carbons (Fsp3) is 0.250. The van der Waals surface area contributed by atoms with Gasteiger partial charge in [-0.25, -0.2) is 0 Å². The molecule has 0 amide bonds. The normalized spacial score (nSPS) is 11.8. The van der Waals surface area contributed by atoms with E-state index in [1.54, 1.807) is 13.1 Å². The lowest BCUT2D eigenvalue weighted by molar-refractivity contribution is -0.137. The zero-order chi connectivity index (χ0) is 13.2. The van der Waals surface area contributed by atoms with E-state index in [4.69, 9.17) is 0 Å². The van der Waals surface area contributed by atoms with Crippen LogP contribution in [0, 0.1) is 0 Å². The Kier molecular flexibility index (Phi) is 3.68. The molecule has 2 rings (SSSR count). The summed E-state index contributed by atoms with van der Waals surface area (Å²) in [6.45, 7) is 0.637. The third kappa shape index (κ3) is 2.70. The second-order valence-corrected chi connectivity index (χ2v) is 4.68. The van der Waals surface area contributed by atoms with E-state index in [0.29, 0.717) is 11.4 Å². The van der Waals surface area contributed by atoms with Crippen LogP contribution in [-0.2, 0) is 12.7 Å². The monoisotopic (exact) mass is 272 g/mol. The molecular weight excluding hydrogens is 261 g/mol. The standard InChI is InChI=1S/C12H11F3N2S/c1-16-5-8-4-11(18-7-8)9-6-17-3-2-10(9)12(13,14)15/h2-4,6-7,16H,5H2,1H3. The van der Waals surface area contributed by atoms with Crippen LogP contribution in [0.25, 0.3) is 10.4 Å². The Morgan fingerprint density at radius 1 is 1.39 bits per heavy atom. The largest absolute Gasteiger partial charge is 0.417 e. The molecule has 0 unspecified atom stereocenters. The smallest absolute Gasteiger partial charge is 0.316 e. The molecule has 0 atom stereocenters. The Morgan fingerprint density at radius 2 is 2.17 bits per heavy atom. The SMILES string of the molecule is CNCc1csc(-c2cnccc2C(F)(F)F)c1. The van der Waals surface area contributed by atoms with Crippen LogP contribution in [0.4, 0.5) is 13.2 Å². The number of aromatic nitrogens is 1. The van der Waals surface area contributed by atoms with Crippen molar-refractivity contribution in [2.45, 2.75) is 12.7 Å². The molecule has 0 aliphatic rings. The van der Waals surface area contributed by atoms with Crippen molar-refractivity contribution in [2.75, 3.05) is 7.05 Å². The molecule has 2 aromatic rings. The van der Waals surface area contributed by atoms with Gasteiger partial charge in [0.15, 0.2) is 0 Å². The van der Waals surface area contributed by atoms with E-state index in [1.165, 1.54) is 17.5 Å². The quantitative estimate of drug-likeness (QED) is 0.924. The fourth-order valence-electron chi connectivity index (χ4n) is 1.65. The van der Waals surface area contributed by atoms with Gasteiger partial charge in [0.25, 0.3) is 0 Å². The zero-order valence-electron chi connectivity index (χ0n) is 9.58. The number of alkyl halides is 3. The summed E-state index contributed by atoms with van der Waals surface area (Å²) >= 11 is 1.29. The summed E-state index contributed by atoms with van der Waals surface area (Å²) in [6.07, 6.45) is -1.93. The number of nitrogens with one attached hydrogen (secondary N) is 1. The van der Waals surface area contributed by atoms with E-state index < -0.39 is 11.7 Å². The van der Waals surface area contributed by atoms with Crippen LogP contribution in [-0.4, -0.2) is 12.0 Å². The minimum Gasteiger partial charge on any atom is -0.316 e. The maximum atomic E-state index is 12.9. The molecule has 1 N–H and O–H groups in total. The second-order valence-electron chi connectivity index (χ2n) is 3.77. The van der Waals surface area contributed by atoms with E-state index in [-0.39, 0.29) is 5.56 Å². The number of thiophene rings is 1. The van der Waals surface area contributed by atoms with Crippen molar-refractivity contribution in [1.82, 2.24) is 10.3 Å². The average Bonchev–Trinajstić information content (AvgIpc) is 2.77. The van der Waals surface area contributed by atoms with E-state index in [9.17, 15) is 13.2 Å². The maximum Gasteiger partial charge on any atom is 0.417 e. The van der Waals surface area contributed by atoms with Gasteiger partial charge in [-0.1, -0.05) is 0 Å². The van der Waals surface area contributed by atoms with Crippen LogP contribution < -0.4 is 5.32 Å². The van der Waals surface area contributed by atoms with Gasteiger partial charge >= 0.3 is 6.18 Å². The first-order valence-corrected chi connectivity index (χ1v) is 6.14. The van der Waals surface area contributed by atoms with Crippen LogP contribution in [0.5, 0.6) is 0 Å². The molecule has 0 aromatic carbocycles. The number of hydrogen-bond acceptors (Lipinski definition) is 3. The zero-order valence-corrected chi connectivity index (χ0v) is 10.4. The first kappa shape index (κ1) is 13.0. The fourth-order valence-corrected chi connectivity index (χ4v) is 2.59. The first-order valence-electron chi connectivity index (χ1n) is 5.26. The van der Waals surface area contributed by atoms with Gasteiger partial charge in [0.1, 0.15) is 0 Å². The molecule has 0 bridgehead atoms. The summed E-state index contributed by atoms with van der Waals surface area (Å²) in [7, 11) is 1.79. The van der Waals surface area contributed by atoms with E-state index in [2.05, 4.69) is 10.3 Å². The Bertz CT molecular complexity index is 534. The summed E-state index contributed by atoms with van der Waals surface area (Å²) < 4.78 is 38.6. The van der Waals surface area contributed by atoms with E-state index >= 15 is 0 Å². The summed E-state index contributed by atoms with van der Waals surface area (Å²) in [5.74, 6) is 0. The molecule has 2 aromatic heterocycles. The number of halogens is 3. The lowest BCUT2D eigenvalue weighted by atomic mass is 10.1. The van der Waals surface area contributed by atoms with Crippen molar-refractivity contribution < 1.29 is 13.2 Å². The Labute approximate surface area is 106 Å². The number of pyridine rings is 1. The van der Waals surface area contributed by atoms with Crippen LogP contribution in [0.2, 0.25) is 0 Å². The molecule has 0 aliphatic carbocycles. The minimum atomic E-state index is -4.36. The summed E-state index contributed by atoms with van der Waals surface area (Å²) in [5.41, 5.74) is 0.460. The number of rotatable bonds is 3. The van der Waals surface area contributed by atoms with Crippen LogP contribution in [0.1, 0.15) is 11.1 Å². The van der Waals surface area contributed by atoms with Gasteiger partial charge in [0, 0.05) is 29.4 Å². The third-order valence-corrected chi connectivity index (χ3v) is 3.44. The molecule has 0 saturated heterocycles. The molecule has 0 fully saturated rings. The van der Waals surface area contributed by atoms with Crippen LogP contribution >= 0.6 is 11.3 Å². The average molecular weight is 272 g/mol.